The monoisotopic (exact) mass is 542 g/mol. The van der Waals surface area contributed by atoms with Crippen molar-refractivity contribution in [2.45, 2.75) is 19.1 Å². The number of benzene rings is 2. The molecule has 1 heterocycles. The molecular weight excluding hydrogens is 513 g/mol. The number of carbonyl (C=O) groups excluding carboxylic acids is 2. The summed E-state index contributed by atoms with van der Waals surface area (Å²) < 4.78 is 31.7. The molecule has 202 valence electrons. The van der Waals surface area contributed by atoms with Gasteiger partial charge in [-0.2, -0.15) is 13.2 Å². The number of carbonyl (C=O) groups is 3. The molecule has 0 aliphatic carbocycles. The fourth-order valence-corrected chi connectivity index (χ4v) is 3.72. The van der Waals surface area contributed by atoms with E-state index in [0.29, 0.717) is 43.2 Å². The van der Waals surface area contributed by atoms with Crippen molar-refractivity contribution < 1.29 is 32.7 Å². The maximum Gasteiger partial charge on any atom is 0.490 e. The Balaban J connectivity index is 0.000000604. The minimum atomic E-state index is -5.08. The number of alkyl halides is 3. The van der Waals surface area contributed by atoms with Crippen LogP contribution in [0.3, 0.4) is 0 Å². The quantitative estimate of drug-likeness (QED) is 0.556. The van der Waals surface area contributed by atoms with Crippen LogP contribution in [-0.4, -0.2) is 85.7 Å². The Bertz CT molecular complexity index is 1080. The van der Waals surface area contributed by atoms with Crippen molar-refractivity contribution in [1.29, 1.82) is 0 Å². The number of carboxylic acids is 1. The molecule has 12 heteroatoms. The molecule has 0 atom stereocenters. The van der Waals surface area contributed by atoms with E-state index in [0.717, 1.165) is 24.3 Å². The van der Waals surface area contributed by atoms with Crippen LogP contribution in [0.15, 0.2) is 48.5 Å². The molecule has 1 aliphatic rings. The summed E-state index contributed by atoms with van der Waals surface area (Å²) >= 11 is 6.13. The fraction of sp³-hybridized carbons (Fsp3) is 0.400. The standard InChI is InChI=1S/C23H29ClN4O2.C2HF3O2/c1-26(2)21-8-4-6-19(16-21)23(30)28(17-18-5-3-7-20(24)15-18)12-9-22(29)27-13-10-25-11-14-27;3-2(4,5)1(6)7/h3-8,15-16,25H,9-14,17H2,1-2H3;(H,6,7). The van der Waals surface area contributed by atoms with Gasteiger partial charge < -0.3 is 25.1 Å². The number of hydrogen-bond donors (Lipinski definition) is 2. The highest BCUT2D eigenvalue weighted by molar-refractivity contribution is 6.30. The summed E-state index contributed by atoms with van der Waals surface area (Å²) in [5, 5.41) is 11.0. The molecule has 1 aliphatic heterocycles. The summed E-state index contributed by atoms with van der Waals surface area (Å²) in [7, 11) is 3.89. The molecule has 0 saturated carbocycles. The van der Waals surface area contributed by atoms with Crippen molar-refractivity contribution >= 4 is 35.1 Å². The number of nitrogens with zero attached hydrogens (tertiary/aromatic N) is 3. The topological polar surface area (TPSA) is 93.2 Å². The van der Waals surface area contributed by atoms with Gasteiger partial charge in [0, 0.05) is 76.1 Å². The molecule has 2 N–H and O–H groups in total. The summed E-state index contributed by atoms with van der Waals surface area (Å²) in [5.41, 5.74) is 2.51. The lowest BCUT2D eigenvalue weighted by Crippen LogP contribution is -2.47. The molecule has 0 bridgehead atoms. The maximum atomic E-state index is 13.3. The number of aliphatic carboxylic acids is 1. The highest BCUT2D eigenvalue weighted by Gasteiger charge is 2.38. The van der Waals surface area contributed by atoms with Crippen LogP contribution in [0.1, 0.15) is 22.3 Å². The Hall–Kier alpha value is -3.31. The Morgan fingerprint density at radius 3 is 2.24 bits per heavy atom. The van der Waals surface area contributed by atoms with E-state index < -0.39 is 12.1 Å². The van der Waals surface area contributed by atoms with Crippen LogP contribution in [-0.2, 0) is 16.1 Å². The minimum Gasteiger partial charge on any atom is -0.475 e. The van der Waals surface area contributed by atoms with E-state index >= 15 is 0 Å². The van der Waals surface area contributed by atoms with Gasteiger partial charge >= 0.3 is 12.1 Å². The summed E-state index contributed by atoms with van der Waals surface area (Å²) in [5.74, 6) is -2.76. The lowest BCUT2D eigenvalue weighted by Gasteiger charge is -2.29. The SMILES string of the molecule is CN(C)c1cccc(C(=O)N(CCC(=O)N2CCNCC2)Cc2cccc(Cl)c2)c1.O=C(O)C(F)(F)F. The molecular formula is C25H30ClF3N4O4. The van der Waals surface area contributed by atoms with Crippen molar-refractivity contribution in [3.05, 3.63) is 64.7 Å². The van der Waals surface area contributed by atoms with E-state index in [2.05, 4.69) is 5.32 Å². The number of anilines is 1. The molecule has 2 aromatic rings. The second kappa shape index (κ2) is 13.8. The van der Waals surface area contributed by atoms with Crippen LogP contribution in [0.4, 0.5) is 18.9 Å². The zero-order valence-corrected chi connectivity index (χ0v) is 21.3. The van der Waals surface area contributed by atoms with Gasteiger partial charge in [-0.25, -0.2) is 4.79 Å². The van der Waals surface area contributed by atoms with E-state index in [1.54, 1.807) is 4.90 Å². The smallest absolute Gasteiger partial charge is 0.475 e. The van der Waals surface area contributed by atoms with E-state index in [4.69, 9.17) is 21.5 Å². The van der Waals surface area contributed by atoms with Crippen molar-refractivity contribution in [1.82, 2.24) is 15.1 Å². The van der Waals surface area contributed by atoms with Gasteiger partial charge in [0.15, 0.2) is 0 Å². The third kappa shape index (κ3) is 9.93. The van der Waals surface area contributed by atoms with Gasteiger partial charge in [0.2, 0.25) is 5.91 Å². The average Bonchev–Trinajstić information content (AvgIpc) is 2.86. The Kier molecular flexibility index (Phi) is 11.2. The van der Waals surface area contributed by atoms with E-state index in [1.807, 2.05) is 72.4 Å². The first-order valence-electron chi connectivity index (χ1n) is 11.5. The summed E-state index contributed by atoms with van der Waals surface area (Å²) in [6.45, 7) is 3.82. The lowest BCUT2D eigenvalue weighted by atomic mass is 10.1. The third-order valence-electron chi connectivity index (χ3n) is 5.47. The fourth-order valence-electron chi connectivity index (χ4n) is 3.51. The third-order valence-corrected chi connectivity index (χ3v) is 5.70. The largest absolute Gasteiger partial charge is 0.490 e. The van der Waals surface area contributed by atoms with Gasteiger partial charge in [-0.05, 0) is 35.9 Å². The van der Waals surface area contributed by atoms with Crippen molar-refractivity contribution in [2.75, 3.05) is 51.7 Å². The van der Waals surface area contributed by atoms with Crippen molar-refractivity contribution in [3.8, 4) is 0 Å². The van der Waals surface area contributed by atoms with Crippen LogP contribution in [0.25, 0.3) is 0 Å². The van der Waals surface area contributed by atoms with Gasteiger partial charge in [-0.1, -0.05) is 29.8 Å². The Morgan fingerprint density at radius 1 is 1.05 bits per heavy atom. The summed E-state index contributed by atoms with van der Waals surface area (Å²) in [6.07, 6.45) is -4.78. The molecule has 8 nitrogen and oxygen atoms in total. The van der Waals surface area contributed by atoms with Gasteiger partial charge in [0.05, 0.1) is 0 Å². The van der Waals surface area contributed by atoms with E-state index in [1.165, 1.54) is 0 Å². The van der Waals surface area contributed by atoms with E-state index in [9.17, 15) is 22.8 Å². The van der Waals surface area contributed by atoms with Crippen LogP contribution < -0.4 is 10.2 Å². The van der Waals surface area contributed by atoms with Crippen LogP contribution in [0, 0.1) is 0 Å². The van der Waals surface area contributed by atoms with Crippen LogP contribution >= 0.6 is 11.6 Å². The normalized spacial score (nSPS) is 13.3. The van der Waals surface area contributed by atoms with Gasteiger partial charge in [0.25, 0.3) is 5.91 Å². The summed E-state index contributed by atoms with van der Waals surface area (Å²) in [4.78, 5) is 40.4. The molecule has 0 radical (unpaired) electrons. The van der Waals surface area contributed by atoms with Crippen LogP contribution in [0.5, 0.6) is 0 Å². The zero-order chi connectivity index (χ0) is 27.6. The number of amides is 2. The first kappa shape index (κ1) is 29.9. The molecule has 1 fully saturated rings. The van der Waals surface area contributed by atoms with Gasteiger partial charge in [-0.15, -0.1) is 0 Å². The van der Waals surface area contributed by atoms with Gasteiger partial charge in [-0.3, -0.25) is 9.59 Å². The molecule has 0 unspecified atom stereocenters. The van der Waals surface area contributed by atoms with Gasteiger partial charge in [0.1, 0.15) is 0 Å². The maximum absolute atomic E-state index is 13.3. The second-order valence-electron chi connectivity index (χ2n) is 8.49. The van der Waals surface area contributed by atoms with Crippen molar-refractivity contribution in [2.24, 2.45) is 0 Å². The molecule has 2 aromatic carbocycles. The summed E-state index contributed by atoms with van der Waals surface area (Å²) in [6, 6.07) is 15.0. The highest BCUT2D eigenvalue weighted by atomic mass is 35.5. The lowest BCUT2D eigenvalue weighted by molar-refractivity contribution is -0.192. The highest BCUT2D eigenvalue weighted by Crippen LogP contribution is 2.19. The predicted octanol–water partition coefficient (Wildman–Crippen LogP) is 3.50. The molecule has 37 heavy (non-hydrogen) atoms. The number of halogens is 4. The molecule has 2 amide bonds. The van der Waals surface area contributed by atoms with Crippen molar-refractivity contribution in [3.63, 3.8) is 0 Å². The molecule has 1 saturated heterocycles. The molecule has 3 rings (SSSR count). The number of carboxylic acid groups (broad SMARTS) is 1. The zero-order valence-electron chi connectivity index (χ0n) is 20.6. The van der Waals surface area contributed by atoms with E-state index in [-0.39, 0.29) is 11.8 Å². The Morgan fingerprint density at radius 2 is 1.68 bits per heavy atom. The second-order valence-corrected chi connectivity index (χ2v) is 8.92. The average molecular weight is 543 g/mol. The Labute approximate surface area is 218 Å². The first-order valence-corrected chi connectivity index (χ1v) is 11.9. The first-order chi connectivity index (χ1) is 17.4. The molecule has 0 aromatic heterocycles. The number of rotatable bonds is 7. The number of nitrogens with one attached hydrogen (secondary N) is 1. The number of hydrogen-bond acceptors (Lipinski definition) is 5. The predicted molar refractivity (Wildman–Crippen MR) is 135 cm³/mol. The molecule has 0 spiro atoms. The number of piperazine rings is 1. The minimum absolute atomic E-state index is 0.0856. The van der Waals surface area contributed by atoms with Crippen LogP contribution in [0.2, 0.25) is 5.02 Å².